The van der Waals surface area contributed by atoms with Crippen LogP contribution >= 0.6 is 11.8 Å². The number of hydrogen-bond acceptors (Lipinski definition) is 6. The second-order valence-corrected chi connectivity index (χ2v) is 8.67. The standard InChI is InChI=1S/C24H28N2O4S/c1-5-29-23(28)20(14-16(2)3)26(4)22(27)18-12-10-17(11-13-18)15-31-24-25-19-8-6-7-9-21(19)30-24/h6-13,16,20H,5,14-15H2,1-4H3/t20-/m0/s1. The fourth-order valence-electron chi connectivity index (χ4n) is 3.24. The molecule has 0 aliphatic carbocycles. The van der Waals surface area contributed by atoms with Gasteiger partial charge in [-0.1, -0.05) is 49.9 Å². The lowest BCUT2D eigenvalue weighted by Gasteiger charge is -2.28. The molecule has 0 unspecified atom stereocenters. The van der Waals surface area contributed by atoms with Crippen LogP contribution in [0.1, 0.15) is 43.1 Å². The van der Waals surface area contributed by atoms with E-state index in [1.807, 2.05) is 50.2 Å². The van der Waals surface area contributed by atoms with Gasteiger partial charge in [-0.05, 0) is 49.1 Å². The molecule has 7 heteroatoms. The summed E-state index contributed by atoms with van der Waals surface area (Å²) in [6, 6.07) is 14.5. The largest absolute Gasteiger partial charge is 0.464 e. The number of likely N-dealkylation sites (N-methyl/N-ethyl adjacent to an activating group) is 1. The van der Waals surface area contributed by atoms with Crippen molar-refractivity contribution < 1.29 is 18.7 Å². The monoisotopic (exact) mass is 440 g/mol. The van der Waals surface area contributed by atoms with Crippen molar-refractivity contribution in [2.75, 3.05) is 13.7 Å². The topological polar surface area (TPSA) is 72.6 Å². The van der Waals surface area contributed by atoms with E-state index in [1.165, 1.54) is 16.7 Å². The van der Waals surface area contributed by atoms with Gasteiger partial charge in [0.1, 0.15) is 11.6 Å². The quantitative estimate of drug-likeness (QED) is 0.338. The molecular formula is C24H28N2O4S. The van der Waals surface area contributed by atoms with E-state index in [2.05, 4.69) is 4.98 Å². The lowest BCUT2D eigenvalue weighted by atomic mass is 10.0. The van der Waals surface area contributed by atoms with E-state index in [4.69, 9.17) is 9.15 Å². The number of rotatable bonds is 9. The van der Waals surface area contributed by atoms with Gasteiger partial charge in [-0.3, -0.25) is 4.79 Å². The zero-order valence-electron chi connectivity index (χ0n) is 18.3. The summed E-state index contributed by atoms with van der Waals surface area (Å²) in [6.45, 7) is 6.10. The number of fused-ring (bicyclic) bond motifs is 1. The van der Waals surface area contributed by atoms with Gasteiger partial charge in [-0.15, -0.1) is 0 Å². The van der Waals surface area contributed by atoms with E-state index in [1.54, 1.807) is 26.1 Å². The number of aromatic nitrogens is 1. The van der Waals surface area contributed by atoms with Crippen LogP contribution in [0.3, 0.4) is 0 Å². The van der Waals surface area contributed by atoms with Gasteiger partial charge in [0.25, 0.3) is 11.1 Å². The second kappa shape index (κ2) is 10.5. The molecule has 0 N–H and O–H groups in total. The number of thioether (sulfide) groups is 1. The summed E-state index contributed by atoms with van der Waals surface area (Å²) in [5.41, 5.74) is 3.20. The maximum Gasteiger partial charge on any atom is 0.328 e. The van der Waals surface area contributed by atoms with E-state index >= 15 is 0 Å². The summed E-state index contributed by atoms with van der Waals surface area (Å²) in [5.74, 6) is 0.377. The molecule has 0 fully saturated rings. The van der Waals surface area contributed by atoms with Crippen LogP contribution in [-0.2, 0) is 15.3 Å². The van der Waals surface area contributed by atoms with Crippen LogP contribution in [0.15, 0.2) is 58.2 Å². The Morgan fingerprint density at radius 3 is 2.48 bits per heavy atom. The van der Waals surface area contributed by atoms with Crippen molar-refractivity contribution in [2.45, 2.75) is 44.2 Å². The molecule has 0 saturated heterocycles. The number of oxazole rings is 1. The van der Waals surface area contributed by atoms with E-state index in [-0.39, 0.29) is 17.8 Å². The predicted octanol–water partition coefficient (Wildman–Crippen LogP) is 5.17. The van der Waals surface area contributed by atoms with Crippen LogP contribution in [0, 0.1) is 5.92 Å². The Kier molecular flexibility index (Phi) is 7.74. The first kappa shape index (κ1) is 22.9. The number of carbonyl (C=O) groups excluding carboxylic acids is 2. The molecule has 0 aliphatic rings. The summed E-state index contributed by atoms with van der Waals surface area (Å²) in [4.78, 5) is 31.3. The molecular weight excluding hydrogens is 412 g/mol. The highest BCUT2D eigenvalue weighted by Gasteiger charge is 2.29. The minimum atomic E-state index is -0.596. The highest BCUT2D eigenvalue weighted by molar-refractivity contribution is 7.98. The highest BCUT2D eigenvalue weighted by atomic mass is 32.2. The van der Waals surface area contributed by atoms with Gasteiger partial charge >= 0.3 is 5.97 Å². The summed E-state index contributed by atoms with van der Waals surface area (Å²) in [6.07, 6.45) is 0.556. The number of esters is 1. The predicted molar refractivity (Wildman–Crippen MR) is 122 cm³/mol. The molecule has 3 aromatic rings. The minimum absolute atomic E-state index is 0.197. The number of nitrogens with zero attached hydrogens (tertiary/aromatic N) is 2. The molecule has 0 saturated carbocycles. The molecule has 31 heavy (non-hydrogen) atoms. The summed E-state index contributed by atoms with van der Waals surface area (Å²) < 4.78 is 10.9. The third-order valence-electron chi connectivity index (χ3n) is 4.88. The molecule has 0 radical (unpaired) electrons. The first-order chi connectivity index (χ1) is 14.9. The van der Waals surface area contributed by atoms with Crippen LogP contribution < -0.4 is 0 Å². The second-order valence-electron chi connectivity index (χ2n) is 7.75. The van der Waals surface area contributed by atoms with E-state index < -0.39 is 6.04 Å². The first-order valence-corrected chi connectivity index (χ1v) is 11.4. The zero-order valence-corrected chi connectivity index (χ0v) is 19.1. The molecule has 0 aliphatic heterocycles. The van der Waals surface area contributed by atoms with Crippen molar-refractivity contribution in [3.05, 3.63) is 59.7 Å². The van der Waals surface area contributed by atoms with Gasteiger partial charge in [-0.25, -0.2) is 9.78 Å². The Morgan fingerprint density at radius 2 is 1.84 bits per heavy atom. The summed E-state index contributed by atoms with van der Waals surface area (Å²) in [7, 11) is 1.66. The smallest absolute Gasteiger partial charge is 0.328 e. The molecule has 1 atom stereocenters. The van der Waals surface area contributed by atoms with Gasteiger partial charge < -0.3 is 14.1 Å². The number of hydrogen-bond donors (Lipinski definition) is 0. The fraction of sp³-hybridized carbons (Fsp3) is 0.375. The van der Waals surface area contributed by atoms with E-state index in [0.717, 1.165) is 16.7 Å². The van der Waals surface area contributed by atoms with Crippen LogP contribution in [0.4, 0.5) is 0 Å². The number of amides is 1. The van der Waals surface area contributed by atoms with Gasteiger partial charge in [-0.2, -0.15) is 0 Å². The molecule has 1 aromatic heterocycles. The summed E-state index contributed by atoms with van der Waals surface area (Å²) >= 11 is 1.51. The Morgan fingerprint density at radius 1 is 1.13 bits per heavy atom. The Hall–Kier alpha value is -2.80. The Labute approximate surface area is 187 Å². The zero-order chi connectivity index (χ0) is 22.4. The van der Waals surface area contributed by atoms with Gasteiger partial charge in [0.15, 0.2) is 5.58 Å². The molecule has 0 spiro atoms. The molecule has 6 nitrogen and oxygen atoms in total. The maximum atomic E-state index is 13.0. The maximum absolute atomic E-state index is 13.0. The van der Waals surface area contributed by atoms with Crippen molar-refractivity contribution in [1.29, 1.82) is 0 Å². The van der Waals surface area contributed by atoms with Crippen molar-refractivity contribution in [3.8, 4) is 0 Å². The van der Waals surface area contributed by atoms with Crippen LogP contribution in [-0.4, -0.2) is 41.5 Å². The Bertz CT molecular complexity index is 996. The van der Waals surface area contributed by atoms with Crippen molar-refractivity contribution in [1.82, 2.24) is 9.88 Å². The van der Waals surface area contributed by atoms with Gasteiger partial charge in [0.2, 0.25) is 0 Å². The normalized spacial score (nSPS) is 12.2. The number of para-hydroxylation sites is 2. The molecule has 2 aromatic carbocycles. The van der Waals surface area contributed by atoms with Crippen LogP contribution in [0.25, 0.3) is 11.1 Å². The number of carbonyl (C=O) groups is 2. The third kappa shape index (κ3) is 5.88. The molecule has 0 bridgehead atoms. The average Bonchev–Trinajstić information content (AvgIpc) is 3.18. The van der Waals surface area contributed by atoms with Crippen molar-refractivity contribution >= 4 is 34.7 Å². The average molecular weight is 441 g/mol. The lowest BCUT2D eigenvalue weighted by molar-refractivity contribution is -0.148. The minimum Gasteiger partial charge on any atom is -0.464 e. The van der Waals surface area contributed by atoms with Crippen LogP contribution in [0.5, 0.6) is 0 Å². The van der Waals surface area contributed by atoms with E-state index in [9.17, 15) is 9.59 Å². The van der Waals surface area contributed by atoms with Crippen LogP contribution in [0.2, 0.25) is 0 Å². The first-order valence-electron chi connectivity index (χ1n) is 10.4. The molecule has 3 rings (SSSR count). The molecule has 1 amide bonds. The number of benzene rings is 2. The van der Waals surface area contributed by atoms with E-state index in [0.29, 0.717) is 29.6 Å². The highest BCUT2D eigenvalue weighted by Crippen LogP contribution is 2.26. The van der Waals surface area contributed by atoms with Gasteiger partial charge in [0.05, 0.1) is 6.61 Å². The Balaban J connectivity index is 1.64. The van der Waals surface area contributed by atoms with Crippen molar-refractivity contribution in [3.63, 3.8) is 0 Å². The number of ether oxygens (including phenoxy) is 1. The van der Waals surface area contributed by atoms with Gasteiger partial charge in [0, 0.05) is 18.4 Å². The molecule has 164 valence electrons. The third-order valence-corrected chi connectivity index (χ3v) is 5.78. The summed E-state index contributed by atoms with van der Waals surface area (Å²) in [5, 5.41) is 0.618. The SMILES string of the molecule is CCOC(=O)[C@H](CC(C)C)N(C)C(=O)c1ccc(CSc2nc3ccccc3o2)cc1. The lowest BCUT2D eigenvalue weighted by Crippen LogP contribution is -2.44. The fourth-order valence-corrected chi connectivity index (χ4v) is 4.04. The van der Waals surface area contributed by atoms with Crippen molar-refractivity contribution in [2.24, 2.45) is 5.92 Å². The molecule has 1 heterocycles.